The Labute approximate surface area is 262 Å². The maximum absolute atomic E-state index is 15.1. The summed E-state index contributed by atoms with van der Waals surface area (Å²) in [5.74, 6) is -1.49. The molecule has 236 valence electrons. The van der Waals surface area contributed by atoms with Gasteiger partial charge in [0.2, 0.25) is 17.7 Å². The van der Waals surface area contributed by atoms with Crippen molar-refractivity contribution in [3.8, 4) is 0 Å². The first kappa shape index (κ1) is 33.3. The number of carbonyl (C=O) groups excluding carboxylic acids is 3. The lowest BCUT2D eigenvalue weighted by Gasteiger charge is -2.46. The SMILES string of the molecule is C=CCN(CCC)C(=O)[C@@H]1[C@@H]2CCC3(S2)C(C(=O)N(CC=C)C(C)(C)CC(C)(C)C)N([C@H](CO)c2ccccc2)C(=O)[C@H]13. The summed E-state index contributed by atoms with van der Waals surface area (Å²) in [6, 6.07) is 7.95. The van der Waals surface area contributed by atoms with Crippen molar-refractivity contribution in [2.45, 2.75) is 94.8 Å². The fourth-order valence-corrected chi connectivity index (χ4v) is 10.4. The van der Waals surface area contributed by atoms with E-state index in [2.05, 4.69) is 47.8 Å². The highest BCUT2D eigenvalue weighted by Crippen LogP contribution is 2.67. The average molecular weight is 610 g/mol. The Kier molecular flexibility index (Phi) is 9.92. The van der Waals surface area contributed by atoms with Crippen molar-refractivity contribution in [1.82, 2.24) is 14.7 Å². The van der Waals surface area contributed by atoms with Crippen LogP contribution in [0.2, 0.25) is 0 Å². The highest BCUT2D eigenvalue weighted by molar-refractivity contribution is 8.02. The van der Waals surface area contributed by atoms with E-state index in [1.807, 2.05) is 47.1 Å². The van der Waals surface area contributed by atoms with Crippen molar-refractivity contribution in [3.63, 3.8) is 0 Å². The summed E-state index contributed by atoms with van der Waals surface area (Å²) in [5, 5.41) is 10.8. The predicted molar refractivity (Wildman–Crippen MR) is 174 cm³/mol. The molecule has 0 saturated carbocycles. The third kappa shape index (κ3) is 6.06. The highest BCUT2D eigenvalue weighted by Gasteiger charge is 2.75. The molecule has 4 rings (SSSR count). The zero-order chi connectivity index (χ0) is 31.7. The molecule has 3 aliphatic rings. The molecule has 3 saturated heterocycles. The van der Waals surface area contributed by atoms with Crippen LogP contribution in [-0.4, -0.2) is 85.3 Å². The third-order valence-corrected chi connectivity index (χ3v) is 11.3. The number of thioether (sulfide) groups is 1. The van der Waals surface area contributed by atoms with Crippen molar-refractivity contribution < 1.29 is 19.5 Å². The van der Waals surface area contributed by atoms with Gasteiger partial charge in [0, 0.05) is 30.4 Å². The molecule has 6 atom stereocenters. The number of likely N-dealkylation sites (tertiary alicyclic amines) is 1. The minimum absolute atomic E-state index is 0.0245. The smallest absolute Gasteiger partial charge is 0.247 e. The molecule has 1 aromatic carbocycles. The molecular weight excluding hydrogens is 558 g/mol. The number of nitrogens with zero attached hydrogens (tertiary/aromatic N) is 3. The Bertz CT molecular complexity index is 1210. The molecule has 3 aliphatic heterocycles. The molecule has 0 aliphatic carbocycles. The number of benzene rings is 1. The zero-order valence-electron chi connectivity index (χ0n) is 26.9. The molecule has 8 heteroatoms. The zero-order valence-corrected chi connectivity index (χ0v) is 27.7. The normalized spacial score (nSPS) is 27.1. The van der Waals surface area contributed by atoms with Gasteiger partial charge >= 0.3 is 0 Å². The number of amides is 3. The van der Waals surface area contributed by atoms with Gasteiger partial charge in [-0.15, -0.1) is 24.9 Å². The van der Waals surface area contributed by atoms with Crippen LogP contribution < -0.4 is 0 Å². The topological polar surface area (TPSA) is 81.2 Å². The number of hydrogen-bond donors (Lipinski definition) is 1. The Balaban J connectivity index is 1.86. The van der Waals surface area contributed by atoms with E-state index in [0.717, 1.165) is 24.8 Å². The van der Waals surface area contributed by atoms with E-state index in [9.17, 15) is 14.7 Å². The predicted octanol–water partition coefficient (Wildman–Crippen LogP) is 5.47. The third-order valence-electron chi connectivity index (χ3n) is 9.38. The summed E-state index contributed by atoms with van der Waals surface area (Å²) in [4.78, 5) is 49.4. The summed E-state index contributed by atoms with van der Waals surface area (Å²) in [7, 11) is 0. The molecular formula is C35H51N3O4S. The van der Waals surface area contributed by atoms with Gasteiger partial charge in [-0.1, -0.05) is 70.2 Å². The highest BCUT2D eigenvalue weighted by atomic mass is 32.2. The fourth-order valence-electron chi connectivity index (χ4n) is 8.25. The van der Waals surface area contributed by atoms with E-state index in [1.54, 1.807) is 28.8 Å². The number of hydrogen-bond acceptors (Lipinski definition) is 5. The van der Waals surface area contributed by atoms with Crippen LogP contribution >= 0.6 is 11.8 Å². The van der Waals surface area contributed by atoms with Crippen LogP contribution in [0.15, 0.2) is 55.6 Å². The summed E-state index contributed by atoms with van der Waals surface area (Å²) < 4.78 is -0.745. The van der Waals surface area contributed by atoms with E-state index < -0.39 is 34.2 Å². The van der Waals surface area contributed by atoms with Crippen molar-refractivity contribution in [3.05, 3.63) is 61.2 Å². The fraction of sp³-hybridized carbons (Fsp3) is 0.629. The molecule has 1 spiro atoms. The first-order valence-electron chi connectivity index (χ1n) is 15.8. The average Bonchev–Trinajstić information content (AvgIpc) is 3.58. The van der Waals surface area contributed by atoms with Gasteiger partial charge in [0.15, 0.2) is 0 Å². The second-order valence-corrected chi connectivity index (χ2v) is 15.9. The number of aliphatic hydroxyl groups is 1. The molecule has 0 radical (unpaired) electrons. The number of carbonyl (C=O) groups is 3. The Hall–Kier alpha value is -2.58. The molecule has 7 nitrogen and oxygen atoms in total. The standard InChI is InChI=1S/C35H51N3O4S/c1-9-19-36(20-10-2)30(40)27-26-17-18-35(43-26)28(27)31(41)38(25(22-39)24-15-13-12-14-16-24)29(35)32(42)37(21-11-3)34(7,8)23-33(4,5)6/h9,11-16,25-29,39H,1,3,10,17-23H2,2,4-8H3/t25-,26+,27-,28+,29?,35?/m1/s1. The molecule has 1 N–H and O–H groups in total. The van der Waals surface area contributed by atoms with Crippen molar-refractivity contribution in [2.75, 3.05) is 26.2 Å². The first-order chi connectivity index (χ1) is 20.3. The van der Waals surface area contributed by atoms with E-state index in [0.29, 0.717) is 26.1 Å². The van der Waals surface area contributed by atoms with Gasteiger partial charge in [-0.25, -0.2) is 0 Å². The quantitative estimate of drug-likeness (QED) is 0.300. The van der Waals surface area contributed by atoms with Crippen LogP contribution in [0.5, 0.6) is 0 Å². The monoisotopic (exact) mass is 609 g/mol. The molecule has 0 aromatic heterocycles. The molecule has 3 heterocycles. The van der Waals surface area contributed by atoms with Gasteiger partial charge in [-0.2, -0.15) is 0 Å². The Morgan fingerprint density at radius 3 is 2.33 bits per heavy atom. The lowest BCUT2D eigenvalue weighted by molar-refractivity contribution is -0.149. The number of rotatable bonds is 13. The lowest BCUT2D eigenvalue weighted by atomic mass is 9.70. The van der Waals surface area contributed by atoms with E-state index in [1.165, 1.54) is 0 Å². The number of fused-ring (bicyclic) bond motifs is 1. The molecule has 3 amide bonds. The van der Waals surface area contributed by atoms with Gasteiger partial charge in [0.25, 0.3) is 0 Å². The second-order valence-electron chi connectivity index (χ2n) is 14.3. The number of aliphatic hydroxyl groups excluding tert-OH is 1. The minimum atomic E-state index is -0.812. The Morgan fingerprint density at radius 2 is 1.77 bits per heavy atom. The summed E-state index contributed by atoms with van der Waals surface area (Å²) in [6.45, 7) is 21.6. The van der Waals surface area contributed by atoms with E-state index in [-0.39, 0.29) is 35.0 Å². The molecule has 43 heavy (non-hydrogen) atoms. The summed E-state index contributed by atoms with van der Waals surface area (Å²) >= 11 is 1.68. The van der Waals surface area contributed by atoms with Crippen LogP contribution in [0, 0.1) is 17.3 Å². The van der Waals surface area contributed by atoms with Crippen LogP contribution in [-0.2, 0) is 14.4 Å². The molecule has 3 fully saturated rings. The Morgan fingerprint density at radius 1 is 1.12 bits per heavy atom. The summed E-state index contributed by atoms with van der Waals surface area (Å²) in [5.41, 5.74) is 0.212. The van der Waals surface area contributed by atoms with Crippen molar-refractivity contribution in [2.24, 2.45) is 17.3 Å². The van der Waals surface area contributed by atoms with Crippen LogP contribution in [0.3, 0.4) is 0 Å². The molecule has 1 aromatic rings. The molecule has 2 unspecified atom stereocenters. The maximum Gasteiger partial charge on any atom is 0.247 e. The van der Waals surface area contributed by atoms with Crippen LogP contribution in [0.25, 0.3) is 0 Å². The molecule has 2 bridgehead atoms. The van der Waals surface area contributed by atoms with Gasteiger partial charge in [0.05, 0.1) is 29.2 Å². The van der Waals surface area contributed by atoms with Crippen molar-refractivity contribution >= 4 is 29.5 Å². The maximum atomic E-state index is 15.1. The largest absolute Gasteiger partial charge is 0.394 e. The second kappa shape index (κ2) is 12.8. The van der Waals surface area contributed by atoms with E-state index in [4.69, 9.17) is 0 Å². The van der Waals surface area contributed by atoms with Gasteiger partial charge in [-0.05, 0) is 50.5 Å². The van der Waals surface area contributed by atoms with Crippen LogP contribution in [0.4, 0.5) is 0 Å². The van der Waals surface area contributed by atoms with Gasteiger partial charge in [-0.3, -0.25) is 14.4 Å². The van der Waals surface area contributed by atoms with Gasteiger partial charge < -0.3 is 19.8 Å². The minimum Gasteiger partial charge on any atom is -0.394 e. The van der Waals surface area contributed by atoms with Crippen LogP contribution in [0.1, 0.15) is 78.8 Å². The van der Waals surface area contributed by atoms with Crippen molar-refractivity contribution in [1.29, 1.82) is 0 Å². The van der Waals surface area contributed by atoms with E-state index >= 15 is 4.79 Å². The van der Waals surface area contributed by atoms with Gasteiger partial charge in [0.1, 0.15) is 6.04 Å². The first-order valence-corrected chi connectivity index (χ1v) is 16.6. The lowest BCUT2D eigenvalue weighted by Crippen LogP contribution is -2.60. The summed E-state index contributed by atoms with van der Waals surface area (Å²) in [6.07, 6.45) is 6.51.